The van der Waals surface area contributed by atoms with Crippen molar-refractivity contribution >= 4 is 34.1 Å². The van der Waals surface area contributed by atoms with Crippen molar-refractivity contribution in [1.29, 1.82) is 0 Å². The maximum Gasteiger partial charge on any atom is 0.420 e. The smallest absolute Gasteiger partial charge is 0.388 e. The summed E-state index contributed by atoms with van der Waals surface area (Å²) in [6, 6.07) is 5.39. The molecule has 1 amide bonds. The van der Waals surface area contributed by atoms with E-state index in [9.17, 15) is 4.79 Å². The average Bonchev–Trinajstić information content (AvgIpc) is 2.87. The van der Waals surface area contributed by atoms with Crippen LogP contribution in [0.2, 0.25) is 0 Å². The number of amides is 1. The summed E-state index contributed by atoms with van der Waals surface area (Å²) in [5.74, 6) is 0.361. The average molecular weight is 342 g/mol. The van der Waals surface area contributed by atoms with Gasteiger partial charge in [0.25, 0.3) is 5.88 Å². The Morgan fingerprint density at radius 1 is 1.21 bits per heavy atom. The number of pyridine rings is 1. The van der Waals surface area contributed by atoms with Gasteiger partial charge in [-0.1, -0.05) is 11.3 Å². The molecule has 0 radical (unpaired) electrons. The SMILES string of the molecule is Cc1ccnc(NC(=O)Oc2nc(C)sc2Nc2cccnc2)n1. The summed E-state index contributed by atoms with van der Waals surface area (Å²) in [4.78, 5) is 28.3. The number of anilines is 3. The van der Waals surface area contributed by atoms with Gasteiger partial charge in [0.15, 0.2) is 5.00 Å². The summed E-state index contributed by atoms with van der Waals surface area (Å²) < 4.78 is 5.27. The second-order valence-corrected chi connectivity index (χ2v) is 5.97. The Labute approximate surface area is 142 Å². The molecular weight excluding hydrogens is 328 g/mol. The van der Waals surface area contributed by atoms with Crippen LogP contribution in [-0.4, -0.2) is 26.0 Å². The molecule has 0 saturated carbocycles. The minimum absolute atomic E-state index is 0.175. The van der Waals surface area contributed by atoms with Crippen LogP contribution in [-0.2, 0) is 0 Å². The molecule has 3 aromatic heterocycles. The van der Waals surface area contributed by atoms with E-state index in [2.05, 4.69) is 30.6 Å². The fraction of sp³-hybridized carbons (Fsp3) is 0.133. The van der Waals surface area contributed by atoms with E-state index in [0.29, 0.717) is 5.00 Å². The fourth-order valence-corrected chi connectivity index (χ4v) is 2.61. The molecule has 8 nitrogen and oxygen atoms in total. The van der Waals surface area contributed by atoms with Crippen molar-refractivity contribution in [3.63, 3.8) is 0 Å². The highest BCUT2D eigenvalue weighted by atomic mass is 32.1. The molecule has 2 N–H and O–H groups in total. The van der Waals surface area contributed by atoms with Crippen molar-refractivity contribution in [3.8, 4) is 5.88 Å². The van der Waals surface area contributed by atoms with Gasteiger partial charge in [-0.15, -0.1) is 0 Å². The van der Waals surface area contributed by atoms with Crippen LogP contribution in [0.15, 0.2) is 36.8 Å². The van der Waals surface area contributed by atoms with Gasteiger partial charge in [0.05, 0.1) is 16.9 Å². The molecule has 0 aliphatic rings. The molecule has 0 aliphatic heterocycles. The van der Waals surface area contributed by atoms with Crippen LogP contribution in [0.4, 0.5) is 21.4 Å². The van der Waals surface area contributed by atoms with Crippen molar-refractivity contribution in [2.45, 2.75) is 13.8 Å². The van der Waals surface area contributed by atoms with Gasteiger partial charge in [-0.3, -0.25) is 10.3 Å². The molecule has 0 saturated heterocycles. The zero-order chi connectivity index (χ0) is 16.9. The van der Waals surface area contributed by atoms with Gasteiger partial charge in [0.2, 0.25) is 5.95 Å². The lowest BCUT2D eigenvalue weighted by atomic mass is 10.4. The number of hydrogen-bond donors (Lipinski definition) is 2. The summed E-state index contributed by atoms with van der Waals surface area (Å²) in [5, 5.41) is 6.97. The van der Waals surface area contributed by atoms with Crippen LogP contribution in [0, 0.1) is 13.8 Å². The van der Waals surface area contributed by atoms with Crippen molar-refractivity contribution in [1.82, 2.24) is 19.9 Å². The summed E-state index contributed by atoms with van der Waals surface area (Å²) in [6.07, 6.45) is 4.19. The van der Waals surface area contributed by atoms with Crippen LogP contribution in [0.5, 0.6) is 5.88 Å². The van der Waals surface area contributed by atoms with Gasteiger partial charge in [0, 0.05) is 18.1 Å². The molecule has 0 fully saturated rings. The van der Waals surface area contributed by atoms with Gasteiger partial charge in [-0.05, 0) is 32.0 Å². The third-order valence-corrected chi connectivity index (χ3v) is 3.69. The lowest BCUT2D eigenvalue weighted by Gasteiger charge is -2.07. The van der Waals surface area contributed by atoms with E-state index in [1.807, 2.05) is 13.0 Å². The van der Waals surface area contributed by atoms with Crippen LogP contribution < -0.4 is 15.4 Å². The number of carbonyl (C=O) groups excluding carboxylic acids is 1. The maximum absolute atomic E-state index is 12.0. The Morgan fingerprint density at radius 2 is 2.08 bits per heavy atom. The third kappa shape index (κ3) is 4.02. The predicted molar refractivity (Wildman–Crippen MR) is 90.8 cm³/mol. The number of carbonyl (C=O) groups is 1. The van der Waals surface area contributed by atoms with Crippen molar-refractivity contribution in [3.05, 3.63) is 47.5 Å². The number of aromatic nitrogens is 4. The second kappa shape index (κ2) is 7.01. The third-order valence-electron chi connectivity index (χ3n) is 2.82. The molecule has 9 heteroatoms. The van der Waals surface area contributed by atoms with Gasteiger partial charge in [-0.25, -0.2) is 19.7 Å². The number of aryl methyl sites for hydroxylation is 2. The van der Waals surface area contributed by atoms with Crippen molar-refractivity contribution in [2.75, 3.05) is 10.6 Å². The molecular formula is C15H14N6O2S. The Balaban J connectivity index is 1.71. The quantitative estimate of drug-likeness (QED) is 0.750. The molecule has 0 aliphatic carbocycles. The first-order valence-electron chi connectivity index (χ1n) is 7.03. The number of rotatable bonds is 4. The number of ether oxygens (including phenoxy) is 1. The van der Waals surface area contributed by atoms with E-state index in [0.717, 1.165) is 16.4 Å². The highest BCUT2D eigenvalue weighted by Crippen LogP contribution is 2.33. The summed E-state index contributed by atoms with van der Waals surface area (Å²) >= 11 is 1.37. The lowest BCUT2D eigenvalue weighted by molar-refractivity contribution is 0.213. The Morgan fingerprint density at radius 3 is 2.83 bits per heavy atom. The number of thiazole rings is 1. The highest BCUT2D eigenvalue weighted by Gasteiger charge is 2.16. The zero-order valence-corrected chi connectivity index (χ0v) is 13.8. The standard InChI is InChI=1S/C15H14N6O2S/c1-9-5-7-17-14(18-9)21-15(22)23-12-13(24-10(2)19-12)20-11-4-3-6-16-8-11/h3-8,20H,1-2H3,(H,17,18,21,22). The van der Waals surface area contributed by atoms with E-state index < -0.39 is 6.09 Å². The molecule has 0 unspecified atom stereocenters. The number of hydrogen-bond acceptors (Lipinski definition) is 8. The van der Waals surface area contributed by atoms with E-state index in [1.165, 1.54) is 11.3 Å². The maximum atomic E-state index is 12.0. The molecule has 0 bridgehead atoms. The van der Waals surface area contributed by atoms with Crippen LogP contribution in [0.1, 0.15) is 10.7 Å². The van der Waals surface area contributed by atoms with Crippen molar-refractivity contribution < 1.29 is 9.53 Å². The van der Waals surface area contributed by atoms with Gasteiger partial charge >= 0.3 is 6.09 Å². The zero-order valence-electron chi connectivity index (χ0n) is 13.0. The molecule has 0 spiro atoms. The second-order valence-electron chi connectivity index (χ2n) is 4.77. The van der Waals surface area contributed by atoms with Crippen LogP contribution in [0.25, 0.3) is 0 Å². The summed E-state index contributed by atoms with van der Waals surface area (Å²) in [6.45, 7) is 3.63. The van der Waals surface area contributed by atoms with Gasteiger partial charge in [-0.2, -0.15) is 0 Å². The molecule has 3 heterocycles. The topological polar surface area (TPSA) is 102 Å². The molecule has 0 aromatic carbocycles. The summed E-state index contributed by atoms with van der Waals surface area (Å²) in [7, 11) is 0. The van der Waals surface area contributed by atoms with E-state index in [-0.39, 0.29) is 11.8 Å². The molecule has 3 rings (SSSR count). The Kier molecular flexibility index (Phi) is 4.62. The monoisotopic (exact) mass is 342 g/mol. The largest absolute Gasteiger partial charge is 0.420 e. The van der Waals surface area contributed by atoms with E-state index in [1.54, 1.807) is 37.6 Å². The normalized spacial score (nSPS) is 10.2. The minimum Gasteiger partial charge on any atom is -0.388 e. The van der Waals surface area contributed by atoms with E-state index in [4.69, 9.17) is 4.74 Å². The van der Waals surface area contributed by atoms with Gasteiger partial charge < -0.3 is 10.1 Å². The molecule has 24 heavy (non-hydrogen) atoms. The Bertz CT molecular complexity index is 852. The van der Waals surface area contributed by atoms with Gasteiger partial charge in [0.1, 0.15) is 0 Å². The first-order chi connectivity index (χ1) is 11.6. The number of nitrogens with one attached hydrogen (secondary N) is 2. The Hall–Kier alpha value is -3.07. The first kappa shape index (κ1) is 15.8. The molecule has 0 atom stereocenters. The molecule has 3 aromatic rings. The van der Waals surface area contributed by atoms with E-state index >= 15 is 0 Å². The van der Waals surface area contributed by atoms with Crippen molar-refractivity contribution in [2.24, 2.45) is 0 Å². The first-order valence-corrected chi connectivity index (χ1v) is 7.85. The summed E-state index contributed by atoms with van der Waals surface area (Å²) in [5.41, 5.74) is 1.51. The molecule has 122 valence electrons. The van der Waals surface area contributed by atoms with Crippen LogP contribution in [0.3, 0.4) is 0 Å². The predicted octanol–water partition coefficient (Wildman–Crippen LogP) is 3.30. The fourth-order valence-electron chi connectivity index (χ4n) is 1.84. The van der Waals surface area contributed by atoms with Crippen LogP contribution >= 0.6 is 11.3 Å². The lowest BCUT2D eigenvalue weighted by Crippen LogP contribution is -2.19. The highest BCUT2D eigenvalue weighted by molar-refractivity contribution is 7.16. The minimum atomic E-state index is -0.708. The number of nitrogens with zero attached hydrogens (tertiary/aromatic N) is 4.